The normalized spacial score (nSPS) is 20.2. The van der Waals surface area contributed by atoms with Gasteiger partial charge in [-0.25, -0.2) is 9.69 Å². The second kappa shape index (κ2) is 5.32. The molecule has 1 aromatic heterocycles. The summed E-state index contributed by atoms with van der Waals surface area (Å²) in [5.41, 5.74) is 3.37. The van der Waals surface area contributed by atoms with Crippen molar-refractivity contribution < 1.29 is 18.7 Å². The number of amides is 2. The molecule has 8 nitrogen and oxygen atoms in total. The molecule has 2 aliphatic rings. The number of carbonyl (C=O) groups excluding carboxylic acids is 2. The SMILES string of the molecule is CC(=O)N1C(=O)[C@]2(C(C#N)=C(N)Oc3cc(C)oc(=O)c32)c2ccccc21. The molecule has 2 aromatic rings. The molecule has 2 amide bonds. The van der Waals surface area contributed by atoms with Crippen LogP contribution in [0.1, 0.15) is 23.8 Å². The van der Waals surface area contributed by atoms with E-state index in [0.717, 1.165) is 4.90 Å². The predicted octanol–water partition coefficient (Wildman–Crippen LogP) is 1.21. The Hall–Kier alpha value is -3.86. The van der Waals surface area contributed by atoms with Crippen LogP contribution in [0.15, 0.2) is 51.0 Å². The van der Waals surface area contributed by atoms with Crippen LogP contribution in [-0.2, 0) is 15.0 Å². The number of aryl methyl sites for hydroxylation is 1. The van der Waals surface area contributed by atoms with E-state index in [1.54, 1.807) is 31.2 Å². The third-order valence-corrected chi connectivity index (χ3v) is 4.75. The molecular formula is C19H13N3O5. The van der Waals surface area contributed by atoms with Gasteiger partial charge in [0, 0.05) is 18.6 Å². The molecule has 0 unspecified atom stereocenters. The highest BCUT2D eigenvalue weighted by molar-refractivity contribution is 6.25. The van der Waals surface area contributed by atoms with Crippen LogP contribution in [0.3, 0.4) is 0 Å². The molecular weight excluding hydrogens is 350 g/mol. The zero-order valence-corrected chi connectivity index (χ0v) is 14.4. The van der Waals surface area contributed by atoms with E-state index in [9.17, 15) is 19.6 Å². The number of imide groups is 1. The number of nitriles is 1. The molecule has 0 saturated carbocycles. The topological polar surface area (TPSA) is 127 Å². The number of rotatable bonds is 0. The molecule has 8 heteroatoms. The smallest absolute Gasteiger partial charge is 0.344 e. The van der Waals surface area contributed by atoms with Crippen LogP contribution in [0.2, 0.25) is 0 Å². The van der Waals surface area contributed by atoms with Crippen LogP contribution >= 0.6 is 0 Å². The number of carbonyl (C=O) groups is 2. The average Bonchev–Trinajstić information content (AvgIpc) is 2.84. The molecule has 134 valence electrons. The van der Waals surface area contributed by atoms with Gasteiger partial charge in [0.1, 0.15) is 28.7 Å². The van der Waals surface area contributed by atoms with E-state index >= 15 is 0 Å². The molecule has 2 aliphatic heterocycles. The van der Waals surface area contributed by atoms with Crippen molar-refractivity contribution in [2.45, 2.75) is 19.3 Å². The molecule has 0 saturated heterocycles. The summed E-state index contributed by atoms with van der Waals surface area (Å²) in [6.07, 6.45) is 0. The van der Waals surface area contributed by atoms with E-state index in [0.29, 0.717) is 5.56 Å². The van der Waals surface area contributed by atoms with E-state index in [4.69, 9.17) is 14.9 Å². The minimum absolute atomic E-state index is 0.0220. The molecule has 0 fully saturated rings. The summed E-state index contributed by atoms with van der Waals surface area (Å²) in [7, 11) is 0. The molecule has 1 aromatic carbocycles. The van der Waals surface area contributed by atoms with Gasteiger partial charge in [0.2, 0.25) is 11.8 Å². The summed E-state index contributed by atoms with van der Waals surface area (Å²) in [4.78, 5) is 39.4. The fraction of sp³-hybridized carbons (Fsp3) is 0.158. The highest BCUT2D eigenvalue weighted by Gasteiger charge is 2.61. The average molecular weight is 363 g/mol. The Morgan fingerprint density at radius 3 is 2.67 bits per heavy atom. The van der Waals surface area contributed by atoms with Gasteiger partial charge >= 0.3 is 5.63 Å². The highest BCUT2D eigenvalue weighted by Crippen LogP contribution is 2.54. The Morgan fingerprint density at radius 2 is 2.00 bits per heavy atom. The number of hydrogen-bond acceptors (Lipinski definition) is 7. The fourth-order valence-corrected chi connectivity index (χ4v) is 3.79. The number of nitrogens with zero attached hydrogens (tertiary/aromatic N) is 2. The van der Waals surface area contributed by atoms with Gasteiger partial charge in [-0.3, -0.25) is 9.59 Å². The molecule has 1 spiro atoms. The van der Waals surface area contributed by atoms with Gasteiger partial charge in [0.25, 0.3) is 5.91 Å². The van der Waals surface area contributed by atoms with Crippen molar-refractivity contribution in [2.24, 2.45) is 5.73 Å². The van der Waals surface area contributed by atoms with E-state index in [1.807, 2.05) is 6.07 Å². The summed E-state index contributed by atoms with van der Waals surface area (Å²) in [6.45, 7) is 2.77. The molecule has 4 rings (SSSR count). The quantitative estimate of drug-likeness (QED) is 0.745. The van der Waals surface area contributed by atoms with Crippen molar-refractivity contribution in [1.29, 1.82) is 5.26 Å². The number of para-hydroxylation sites is 1. The lowest BCUT2D eigenvalue weighted by molar-refractivity contribution is -0.126. The van der Waals surface area contributed by atoms with E-state index in [1.165, 1.54) is 13.0 Å². The molecule has 0 radical (unpaired) electrons. The van der Waals surface area contributed by atoms with E-state index in [2.05, 4.69) is 0 Å². The minimum atomic E-state index is -1.90. The lowest BCUT2D eigenvalue weighted by Crippen LogP contribution is -2.49. The minimum Gasteiger partial charge on any atom is -0.440 e. The van der Waals surface area contributed by atoms with Gasteiger partial charge < -0.3 is 14.9 Å². The van der Waals surface area contributed by atoms with Crippen molar-refractivity contribution >= 4 is 17.5 Å². The highest BCUT2D eigenvalue weighted by atomic mass is 16.5. The number of ether oxygens (including phenoxy) is 1. The Labute approximate surface area is 153 Å². The van der Waals surface area contributed by atoms with Gasteiger partial charge in [-0.1, -0.05) is 18.2 Å². The Balaban J connectivity index is 2.23. The molecule has 27 heavy (non-hydrogen) atoms. The summed E-state index contributed by atoms with van der Waals surface area (Å²) in [5.74, 6) is -1.34. The van der Waals surface area contributed by atoms with Gasteiger partial charge in [-0.15, -0.1) is 0 Å². The maximum Gasteiger partial charge on any atom is 0.344 e. The predicted molar refractivity (Wildman–Crippen MR) is 92.6 cm³/mol. The molecule has 0 aliphatic carbocycles. The monoisotopic (exact) mass is 363 g/mol. The van der Waals surface area contributed by atoms with Crippen LogP contribution < -0.4 is 21.0 Å². The maximum absolute atomic E-state index is 13.5. The number of fused-ring (bicyclic) bond motifs is 4. The fourth-order valence-electron chi connectivity index (χ4n) is 3.79. The van der Waals surface area contributed by atoms with Gasteiger partial charge in [-0.2, -0.15) is 5.26 Å². The lowest BCUT2D eigenvalue weighted by Gasteiger charge is -2.32. The largest absolute Gasteiger partial charge is 0.440 e. The number of hydrogen-bond donors (Lipinski definition) is 1. The zero-order valence-electron chi connectivity index (χ0n) is 14.4. The second-order valence-electron chi connectivity index (χ2n) is 6.26. The van der Waals surface area contributed by atoms with Crippen molar-refractivity contribution in [3.05, 3.63) is 69.1 Å². The summed E-state index contributed by atoms with van der Waals surface area (Å²) in [5, 5.41) is 9.77. The molecule has 3 heterocycles. The van der Waals surface area contributed by atoms with Gasteiger partial charge in [0.15, 0.2) is 5.41 Å². The first-order valence-corrected chi connectivity index (χ1v) is 8.02. The third-order valence-electron chi connectivity index (χ3n) is 4.75. The van der Waals surface area contributed by atoms with Crippen LogP contribution in [0, 0.1) is 18.3 Å². The number of nitrogens with two attached hydrogens (primary N) is 1. The summed E-state index contributed by atoms with van der Waals surface area (Å²) in [6, 6.07) is 9.76. The Bertz CT molecular complexity index is 1170. The van der Waals surface area contributed by atoms with Crippen LogP contribution in [0.4, 0.5) is 5.69 Å². The first kappa shape index (κ1) is 16.6. The first-order chi connectivity index (χ1) is 12.8. The van der Waals surface area contributed by atoms with Crippen LogP contribution in [0.25, 0.3) is 0 Å². The van der Waals surface area contributed by atoms with Crippen molar-refractivity contribution in [1.82, 2.24) is 0 Å². The van der Waals surface area contributed by atoms with Gasteiger partial charge in [-0.05, 0) is 13.0 Å². The number of anilines is 1. The van der Waals surface area contributed by atoms with Crippen molar-refractivity contribution in [3.8, 4) is 11.8 Å². The van der Waals surface area contributed by atoms with Crippen LogP contribution in [0.5, 0.6) is 5.75 Å². The lowest BCUT2D eigenvalue weighted by atomic mass is 9.69. The van der Waals surface area contributed by atoms with Crippen molar-refractivity contribution in [3.63, 3.8) is 0 Å². The Kier molecular flexibility index (Phi) is 3.27. The standard InChI is InChI=1S/C19H13N3O5/c1-9-7-14-15(17(24)26-9)19(12(8-20)16(21)27-14)11-5-3-4-6-13(11)22(10(2)23)18(19)25/h3-7H,21H2,1-2H3/t19-/m0/s1. The van der Waals surface area contributed by atoms with Crippen molar-refractivity contribution in [2.75, 3.05) is 4.90 Å². The van der Waals surface area contributed by atoms with E-state index < -0.39 is 22.9 Å². The first-order valence-electron chi connectivity index (χ1n) is 8.02. The second-order valence-corrected chi connectivity index (χ2v) is 6.26. The maximum atomic E-state index is 13.5. The number of benzene rings is 1. The summed E-state index contributed by atoms with van der Waals surface area (Å²) >= 11 is 0. The summed E-state index contributed by atoms with van der Waals surface area (Å²) < 4.78 is 10.6. The molecule has 1 atom stereocenters. The Morgan fingerprint density at radius 1 is 1.30 bits per heavy atom. The third kappa shape index (κ3) is 1.88. The zero-order chi connectivity index (χ0) is 19.5. The molecule has 0 bridgehead atoms. The van der Waals surface area contributed by atoms with E-state index in [-0.39, 0.29) is 34.2 Å². The molecule has 2 N–H and O–H groups in total. The van der Waals surface area contributed by atoms with Gasteiger partial charge in [0.05, 0.1) is 5.69 Å². The van der Waals surface area contributed by atoms with Crippen LogP contribution in [-0.4, -0.2) is 11.8 Å².